The van der Waals surface area contributed by atoms with Crippen molar-refractivity contribution in [3.05, 3.63) is 102 Å². The van der Waals surface area contributed by atoms with Gasteiger partial charge in [0.1, 0.15) is 11.6 Å². The van der Waals surface area contributed by atoms with Gasteiger partial charge in [-0.3, -0.25) is 5.32 Å². The number of carbonyl (C=O) groups excluding carboxylic acids is 1. The Morgan fingerprint density at radius 1 is 1.11 bits per heavy atom. The summed E-state index contributed by atoms with van der Waals surface area (Å²) in [4.78, 5) is 27.6. The number of carboxylic acid groups (broad SMARTS) is 1. The van der Waals surface area contributed by atoms with Gasteiger partial charge in [-0.1, -0.05) is 49.1 Å². The number of aromatic nitrogens is 1. The number of hydrogen-bond donors (Lipinski definition) is 3. The van der Waals surface area contributed by atoms with Gasteiger partial charge in [-0.2, -0.15) is 0 Å². The lowest BCUT2D eigenvalue weighted by atomic mass is 10.0. The van der Waals surface area contributed by atoms with Gasteiger partial charge in [0.15, 0.2) is 6.29 Å². The Kier molecular flexibility index (Phi) is 9.50. The lowest BCUT2D eigenvalue weighted by molar-refractivity contribution is -0.245. The summed E-state index contributed by atoms with van der Waals surface area (Å²) >= 11 is 1.32. The van der Waals surface area contributed by atoms with Crippen molar-refractivity contribution in [3.8, 4) is 0 Å². The third-order valence-corrected chi connectivity index (χ3v) is 6.92. The molecule has 0 radical (unpaired) electrons. The SMILES string of the molecule is C=CCOC(=O)Nc1ccc([C@@H]2O[C@H](CSc3ncccc3C(=O)O)C[C@H](c3ccc(CO)cc3)O2)cc1. The summed E-state index contributed by atoms with van der Waals surface area (Å²) in [5.74, 6) is -0.563. The van der Waals surface area contributed by atoms with Crippen LogP contribution in [0.5, 0.6) is 0 Å². The second-order valence-corrected chi connectivity index (χ2v) is 9.47. The molecule has 3 atom stereocenters. The van der Waals surface area contributed by atoms with Crippen LogP contribution in [0.25, 0.3) is 0 Å². The number of amides is 1. The number of pyridine rings is 1. The fraction of sp³-hybridized carbons (Fsp3) is 0.250. The Morgan fingerprint density at radius 3 is 2.53 bits per heavy atom. The monoisotopic (exact) mass is 536 g/mol. The number of carbonyl (C=O) groups is 2. The average Bonchev–Trinajstić information content (AvgIpc) is 2.95. The van der Waals surface area contributed by atoms with Crippen LogP contribution in [-0.4, -0.2) is 45.7 Å². The van der Waals surface area contributed by atoms with Crippen LogP contribution in [0.1, 0.15) is 45.9 Å². The van der Waals surface area contributed by atoms with Crippen LogP contribution < -0.4 is 5.32 Å². The van der Waals surface area contributed by atoms with E-state index in [1.165, 1.54) is 23.9 Å². The van der Waals surface area contributed by atoms with Crippen molar-refractivity contribution in [2.24, 2.45) is 0 Å². The predicted octanol–water partition coefficient (Wildman–Crippen LogP) is 5.34. The Hall–Kier alpha value is -3.70. The number of thioether (sulfide) groups is 1. The summed E-state index contributed by atoms with van der Waals surface area (Å²) in [5, 5.41) is 21.9. The molecule has 0 aliphatic carbocycles. The number of benzene rings is 2. The van der Waals surface area contributed by atoms with E-state index in [9.17, 15) is 19.8 Å². The van der Waals surface area contributed by atoms with Crippen molar-refractivity contribution >= 4 is 29.5 Å². The van der Waals surface area contributed by atoms with E-state index in [1.54, 1.807) is 36.5 Å². The molecule has 4 rings (SSSR count). The summed E-state index contributed by atoms with van der Waals surface area (Å²) in [5.41, 5.74) is 3.20. The Bertz CT molecular complexity index is 1250. The molecule has 3 N–H and O–H groups in total. The summed E-state index contributed by atoms with van der Waals surface area (Å²) < 4.78 is 17.6. The summed E-state index contributed by atoms with van der Waals surface area (Å²) in [7, 11) is 0. The van der Waals surface area contributed by atoms with Crippen LogP contribution in [0.4, 0.5) is 10.5 Å². The lowest BCUT2D eigenvalue weighted by Crippen LogP contribution is -2.31. The third-order valence-electron chi connectivity index (χ3n) is 5.78. The quantitative estimate of drug-likeness (QED) is 0.232. The summed E-state index contributed by atoms with van der Waals surface area (Å²) in [6, 6.07) is 17.7. The molecule has 1 aliphatic heterocycles. The maximum absolute atomic E-state index is 11.8. The highest BCUT2D eigenvalue weighted by Crippen LogP contribution is 2.39. The van der Waals surface area contributed by atoms with Gasteiger partial charge < -0.3 is 24.4 Å². The Labute approximate surface area is 224 Å². The van der Waals surface area contributed by atoms with Crippen LogP contribution in [-0.2, 0) is 20.8 Å². The Morgan fingerprint density at radius 2 is 1.84 bits per heavy atom. The van der Waals surface area contributed by atoms with Gasteiger partial charge in [-0.25, -0.2) is 14.6 Å². The number of anilines is 1. The summed E-state index contributed by atoms with van der Waals surface area (Å²) in [6.45, 7) is 3.58. The maximum atomic E-state index is 11.8. The Balaban J connectivity index is 1.51. The van der Waals surface area contributed by atoms with E-state index in [-0.39, 0.29) is 31.0 Å². The fourth-order valence-corrected chi connectivity index (χ4v) is 4.88. The van der Waals surface area contributed by atoms with Gasteiger partial charge >= 0.3 is 12.1 Å². The van der Waals surface area contributed by atoms with Crippen LogP contribution in [0.15, 0.2) is 84.5 Å². The highest BCUT2D eigenvalue weighted by molar-refractivity contribution is 7.99. The molecule has 0 bridgehead atoms. The molecule has 0 unspecified atom stereocenters. The predicted molar refractivity (Wildman–Crippen MR) is 142 cm³/mol. The number of aromatic carboxylic acids is 1. The molecule has 1 saturated heterocycles. The maximum Gasteiger partial charge on any atom is 0.411 e. The van der Waals surface area contributed by atoms with Gasteiger partial charge in [0, 0.05) is 29.6 Å². The molecule has 1 aliphatic rings. The minimum absolute atomic E-state index is 0.0473. The number of carboxylic acids is 1. The first-order valence-electron chi connectivity index (χ1n) is 11.9. The van der Waals surface area contributed by atoms with E-state index in [0.717, 1.165) is 16.7 Å². The van der Waals surface area contributed by atoms with Gasteiger partial charge in [-0.15, -0.1) is 11.8 Å². The standard InChI is InChI=1S/C28H28N2O7S/c1-2-14-35-28(34)30-21-11-9-20(10-12-21)27-36-22(17-38-25-23(26(32)33)4-3-13-29-25)15-24(37-27)19-7-5-18(16-31)6-8-19/h2-13,22,24,27,31H,1,14-17H2,(H,30,34)(H,32,33)/t22-,24+,27+/m0/s1. The van der Waals surface area contributed by atoms with Crippen LogP contribution >= 0.6 is 11.8 Å². The molecule has 2 aromatic carbocycles. The smallest absolute Gasteiger partial charge is 0.411 e. The number of aliphatic hydroxyl groups is 1. The van der Waals surface area contributed by atoms with Crippen LogP contribution in [0.2, 0.25) is 0 Å². The van der Waals surface area contributed by atoms with E-state index in [1.807, 2.05) is 24.3 Å². The van der Waals surface area contributed by atoms with E-state index < -0.39 is 18.4 Å². The molecule has 2 heterocycles. The van der Waals surface area contributed by atoms with Crippen LogP contribution in [0, 0.1) is 0 Å². The molecule has 198 valence electrons. The lowest BCUT2D eigenvalue weighted by Gasteiger charge is -2.36. The molecule has 1 aromatic heterocycles. The van der Waals surface area contributed by atoms with Gasteiger partial charge in [0.25, 0.3) is 0 Å². The van der Waals surface area contributed by atoms with E-state index in [2.05, 4.69) is 16.9 Å². The highest BCUT2D eigenvalue weighted by Gasteiger charge is 2.32. The molecule has 3 aromatic rings. The van der Waals surface area contributed by atoms with Gasteiger partial charge in [0.05, 0.1) is 24.4 Å². The first kappa shape index (κ1) is 27.3. The van der Waals surface area contributed by atoms with Crippen molar-refractivity contribution in [2.45, 2.75) is 36.6 Å². The zero-order valence-corrected chi connectivity index (χ0v) is 21.3. The van der Waals surface area contributed by atoms with E-state index >= 15 is 0 Å². The first-order chi connectivity index (χ1) is 18.5. The molecule has 10 heteroatoms. The fourth-order valence-electron chi connectivity index (χ4n) is 3.88. The zero-order valence-electron chi connectivity index (χ0n) is 20.5. The van der Waals surface area contributed by atoms with Crippen molar-refractivity contribution in [1.29, 1.82) is 0 Å². The van der Waals surface area contributed by atoms with Crippen molar-refractivity contribution in [2.75, 3.05) is 17.7 Å². The van der Waals surface area contributed by atoms with Crippen LogP contribution in [0.3, 0.4) is 0 Å². The molecule has 38 heavy (non-hydrogen) atoms. The number of nitrogens with one attached hydrogen (secondary N) is 1. The minimum Gasteiger partial charge on any atom is -0.478 e. The molecular weight excluding hydrogens is 508 g/mol. The second kappa shape index (κ2) is 13.2. The average molecular weight is 537 g/mol. The number of nitrogens with zero attached hydrogens (tertiary/aromatic N) is 1. The first-order valence-corrected chi connectivity index (χ1v) is 12.9. The molecule has 0 spiro atoms. The zero-order chi connectivity index (χ0) is 26.9. The minimum atomic E-state index is -1.03. The molecule has 1 fully saturated rings. The third kappa shape index (κ3) is 7.20. The van der Waals surface area contributed by atoms with E-state index in [0.29, 0.717) is 22.9 Å². The topological polar surface area (TPSA) is 127 Å². The largest absolute Gasteiger partial charge is 0.478 e. The number of rotatable bonds is 10. The number of aliphatic hydroxyl groups excluding tert-OH is 1. The molecular formula is C28H28N2O7S. The van der Waals surface area contributed by atoms with E-state index in [4.69, 9.17) is 14.2 Å². The molecule has 0 saturated carbocycles. The molecule has 9 nitrogen and oxygen atoms in total. The van der Waals surface area contributed by atoms with Crippen molar-refractivity contribution in [3.63, 3.8) is 0 Å². The van der Waals surface area contributed by atoms with Crippen molar-refractivity contribution in [1.82, 2.24) is 4.98 Å². The highest BCUT2D eigenvalue weighted by atomic mass is 32.2. The molecule has 1 amide bonds. The second-order valence-electron chi connectivity index (χ2n) is 8.46. The number of ether oxygens (including phenoxy) is 3. The summed E-state index contributed by atoms with van der Waals surface area (Å²) in [6.07, 6.45) is 1.77. The normalized spacial score (nSPS) is 18.9. The number of hydrogen-bond acceptors (Lipinski definition) is 8. The van der Waals surface area contributed by atoms with Crippen molar-refractivity contribution < 1.29 is 34.0 Å². The van der Waals surface area contributed by atoms with Gasteiger partial charge in [-0.05, 0) is 35.4 Å². The van der Waals surface area contributed by atoms with Gasteiger partial charge in [0.2, 0.25) is 0 Å².